The molecule has 9 heteroatoms. The molecule has 1 saturated carbocycles. The lowest BCUT2D eigenvalue weighted by molar-refractivity contribution is -0.384. The van der Waals surface area contributed by atoms with Crippen LogP contribution in [0.5, 0.6) is 0 Å². The molecule has 36 heavy (non-hydrogen) atoms. The molecule has 5 rings (SSSR count). The van der Waals surface area contributed by atoms with Gasteiger partial charge in [0.25, 0.3) is 5.69 Å². The summed E-state index contributed by atoms with van der Waals surface area (Å²) in [5, 5.41) is 23.3. The quantitative estimate of drug-likeness (QED) is 0.175. The molecule has 0 saturated heterocycles. The van der Waals surface area contributed by atoms with E-state index in [-0.39, 0.29) is 17.3 Å². The Morgan fingerprint density at radius 1 is 1.08 bits per heavy atom. The summed E-state index contributed by atoms with van der Waals surface area (Å²) in [5.74, 6) is 0.956. The van der Waals surface area contributed by atoms with Gasteiger partial charge >= 0.3 is 0 Å². The summed E-state index contributed by atoms with van der Waals surface area (Å²) in [6.07, 6.45) is 2.16. The molecule has 1 N–H and O–H groups in total. The molecule has 1 atom stereocenters. The van der Waals surface area contributed by atoms with Crippen LogP contribution < -0.4 is 5.32 Å². The molecule has 1 aliphatic rings. The Labute approximate surface area is 212 Å². The lowest BCUT2D eigenvalue weighted by atomic mass is 10.1. The number of anilines is 1. The minimum Gasteiger partial charge on any atom is -0.319 e. The molecular formula is C27H25N5O3S. The average molecular weight is 500 g/mol. The van der Waals surface area contributed by atoms with E-state index >= 15 is 0 Å². The van der Waals surface area contributed by atoms with Gasteiger partial charge in [0.1, 0.15) is 16.8 Å². The summed E-state index contributed by atoms with van der Waals surface area (Å²) in [6.45, 7) is 2.38. The third-order valence-corrected chi connectivity index (χ3v) is 7.28. The number of aryl methyl sites for hydroxylation is 1. The van der Waals surface area contributed by atoms with Gasteiger partial charge in [-0.3, -0.25) is 14.9 Å². The van der Waals surface area contributed by atoms with Gasteiger partial charge in [0, 0.05) is 12.0 Å². The van der Waals surface area contributed by atoms with Crippen LogP contribution in [0.3, 0.4) is 0 Å². The molecule has 0 radical (unpaired) electrons. The topological polar surface area (TPSA) is 103 Å². The Morgan fingerprint density at radius 2 is 1.78 bits per heavy atom. The highest BCUT2D eigenvalue weighted by Gasteiger charge is 2.33. The zero-order valence-electron chi connectivity index (χ0n) is 19.7. The van der Waals surface area contributed by atoms with Gasteiger partial charge in [0.15, 0.2) is 5.16 Å². The van der Waals surface area contributed by atoms with Gasteiger partial charge < -0.3 is 9.88 Å². The van der Waals surface area contributed by atoms with Crippen molar-refractivity contribution in [3.63, 3.8) is 0 Å². The molecule has 0 unspecified atom stereocenters. The maximum atomic E-state index is 13.6. The van der Waals surface area contributed by atoms with Crippen LogP contribution in [-0.4, -0.2) is 25.6 Å². The van der Waals surface area contributed by atoms with Gasteiger partial charge in [-0.25, -0.2) is 0 Å². The maximum Gasteiger partial charge on any atom is 0.293 e. The van der Waals surface area contributed by atoms with Gasteiger partial charge in [-0.05, 0) is 42.5 Å². The van der Waals surface area contributed by atoms with Gasteiger partial charge in [-0.15, -0.1) is 10.2 Å². The number of amides is 1. The number of nitrogens with one attached hydrogen (secondary N) is 1. The second-order valence-electron chi connectivity index (χ2n) is 8.86. The van der Waals surface area contributed by atoms with Crippen LogP contribution in [0.15, 0.2) is 84.0 Å². The Bertz CT molecular complexity index is 1390. The van der Waals surface area contributed by atoms with E-state index in [4.69, 9.17) is 0 Å². The Hall–Kier alpha value is -3.98. The standard InChI is InChI=1S/C27H25N5O3S/c1-18-12-15-22(23(16-18)32(34)35)28-26(33)24(20-10-6-3-7-11-20)36-27-30-29-25(21-13-14-21)31(27)17-19-8-4-2-5-9-19/h2-12,15-16,21,24H,13-14,17H2,1H3,(H,28,33)/t24-/m0/s1. The van der Waals surface area contributed by atoms with Crippen LogP contribution in [-0.2, 0) is 11.3 Å². The monoisotopic (exact) mass is 499 g/mol. The number of thioether (sulfide) groups is 1. The van der Waals surface area contributed by atoms with Crippen LogP contribution in [0.2, 0.25) is 0 Å². The van der Waals surface area contributed by atoms with Crippen molar-refractivity contribution < 1.29 is 9.72 Å². The number of carbonyl (C=O) groups is 1. The number of benzene rings is 3. The first-order chi connectivity index (χ1) is 17.5. The highest BCUT2D eigenvalue weighted by atomic mass is 32.2. The lowest BCUT2D eigenvalue weighted by Crippen LogP contribution is -2.20. The van der Waals surface area contributed by atoms with Crippen LogP contribution in [0.1, 0.15) is 46.5 Å². The second kappa shape index (κ2) is 10.3. The van der Waals surface area contributed by atoms with Gasteiger partial charge in [0.05, 0.1) is 11.5 Å². The SMILES string of the molecule is Cc1ccc(NC(=O)[C@@H](Sc2nnc(C3CC3)n2Cc2ccccc2)c2ccccc2)c([N+](=O)[O-])c1. The van der Waals surface area contributed by atoms with Crippen LogP contribution in [0, 0.1) is 17.0 Å². The van der Waals surface area contributed by atoms with Crippen molar-refractivity contribution in [2.75, 3.05) is 5.32 Å². The largest absolute Gasteiger partial charge is 0.319 e. The normalized spacial score (nSPS) is 13.8. The van der Waals surface area contributed by atoms with Crippen molar-refractivity contribution in [2.45, 2.75) is 42.6 Å². The van der Waals surface area contributed by atoms with E-state index in [1.165, 1.54) is 17.8 Å². The smallest absolute Gasteiger partial charge is 0.293 e. The number of hydrogen-bond donors (Lipinski definition) is 1. The highest BCUT2D eigenvalue weighted by molar-refractivity contribution is 8.00. The summed E-state index contributed by atoms with van der Waals surface area (Å²) in [7, 11) is 0. The zero-order chi connectivity index (χ0) is 25.1. The molecule has 4 aromatic rings. The molecule has 1 amide bonds. The summed E-state index contributed by atoms with van der Waals surface area (Å²) < 4.78 is 2.09. The van der Waals surface area contributed by atoms with E-state index in [2.05, 4.69) is 32.2 Å². The summed E-state index contributed by atoms with van der Waals surface area (Å²) in [6, 6.07) is 24.2. The lowest BCUT2D eigenvalue weighted by Gasteiger charge is -2.18. The predicted octanol–water partition coefficient (Wildman–Crippen LogP) is 5.89. The number of nitro benzene ring substituents is 1. The van der Waals surface area contributed by atoms with Gasteiger partial charge in [-0.1, -0.05) is 78.5 Å². The number of aromatic nitrogens is 3. The molecule has 0 spiro atoms. The van der Waals surface area contributed by atoms with E-state index in [1.807, 2.05) is 48.5 Å². The van der Waals surface area contributed by atoms with Crippen molar-refractivity contribution in [2.24, 2.45) is 0 Å². The molecule has 3 aromatic carbocycles. The summed E-state index contributed by atoms with van der Waals surface area (Å²) in [4.78, 5) is 24.7. The first kappa shape index (κ1) is 23.7. The van der Waals surface area contributed by atoms with E-state index < -0.39 is 10.2 Å². The molecule has 1 aromatic heterocycles. The van der Waals surface area contributed by atoms with E-state index in [1.54, 1.807) is 19.1 Å². The fourth-order valence-corrected chi connectivity index (χ4v) is 5.09. The summed E-state index contributed by atoms with van der Waals surface area (Å²) >= 11 is 1.31. The first-order valence-corrected chi connectivity index (χ1v) is 12.6. The number of nitro groups is 1. The Balaban J connectivity index is 1.48. The molecule has 182 valence electrons. The van der Waals surface area contributed by atoms with Crippen molar-refractivity contribution >= 4 is 29.0 Å². The van der Waals surface area contributed by atoms with E-state index in [0.29, 0.717) is 17.6 Å². The third kappa shape index (κ3) is 5.31. The minimum absolute atomic E-state index is 0.136. The second-order valence-corrected chi connectivity index (χ2v) is 9.93. The van der Waals surface area contributed by atoms with Crippen LogP contribution >= 0.6 is 11.8 Å². The Morgan fingerprint density at radius 3 is 2.44 bits per heavy atom. The third-order valence-electron chi connectivity index (χ3n) is 6.04. The van der Waals surface area contributed by atoms with Crippen molar-refractivity contribution in [3.8, 4) is 0 Å². The highest BCUT2D eigenvalue weighted by Crippen LogP contribution is 2.42. The number of hydrogen-bond acceptors (Lipinski definition) is 6. The van der Waals surface area contributed by atoms with Crippen LogP contribution in [0.25, 0.3) is 0 Å². The minimum atomic E-state index is -0.683. The number of nitrogens with zero attached hydrogens (tertiary/aromatic N) is 4. The number of rotatable bonds is 9. The predicted molar refractivity (Wildman–Crippen MR) is 139 cm³/mol. The average Bonchev–Trinajstić information content (AvgIpc) is 3.66. The van der Waals surface area contributed by atoms with Crippen LogP contribution in [0.4, 0.5) is 11.4 Å². The first-order valence-electron chi connectivity index (χ1n) is 11.7. The van der Waals surface area contributed by atoms with E-state index in [0.717, 1.165) is 35.4 Å². The number of carbonyl (C=O) groups excluding carboxylic acids is 1. The zero-order valence-corrected chi connectivity index (χ0v) is 20.5. The fourth-order valence-electron chi connectivity index (χ4n) is 4.05. The van der Waals surface area contributed by atoms with Crippen molar-refractivity contribution in [1.29, 1.82) is 0 Å². The van der Waals surface area contributed by atoms with Gasteiger partial charge in [0.2, 0.25) is 5.91 Å². The van der Waals surface area contributed by atoms with Crippen molar-refractivity contribution in [1.82, 2.24) is 14.8 Å². The van der Waals surface area contributed by atoms with Gasteiger partial charge in [-0.2, -0.15) is 0 Å². The summed E-state index contributed by atoms with van der Waals surface area (Å²) in [5.41, 5.74) is 2.68. The fraction of sp³-hybridized carbons (Fsp3) is 0.222. The molecule has 1 aliphatic carbocycles. The molecule has 8 nitrogen and oxygen atoms in total. The molecule has 0 bridgehead atoms. The molecule has 1 fully saturated rings. The Kier molecular flexibility index (Phi) is 6.81. The molecular weight excluding hydrogens is 474 g/mol. The maximum absolute atomic E-state index is 13.6. The van der Waals surface area contributed by atoms with E-state index in [9.17, 15) is 14.9 Å². The molecule has 1 heterocycles. The van der Waals surface area contributed by atoms with Crippen molar-refractivity contribution in [3.05, 3.63) is 111 Å². The molecule has 0 aliphatic heterocycles.